The third-order valence-electron chi connectivity index (χ3n) is 4.15. The molecule has 0 radical (unpaired) electrons. The van der Waals surface area contributed by atoms with Crippen LogP contribution >= 0.6 is 11.6 Å². The van der Waals surface area contributed by atoms with Gasteiger partial charge in [-0.05, 0) is 37.5 Å². The number of aliphatic imine (C=N–C) groups is 1. The van der Waals surface area contributed by atoms with E-state index in [-0.39, 0.29) is 6.10 Å². The minimum atomic E-state index is 0.274. The molecule has 1 saturated heterocycles. The van der Waals surface area contributed by atoms with E-state index in [1.54, 1.807) is 0 Å². The zero-order valence-corrected chi connectivity index (χ0v) is 15.4. The molecule has 138 valence electrons. The number of nitrogens with one attached hydrogen (secondary N) is 2. The fourth-order valence-electron chi connectivity index (χ4n) is 2.90. The molecule has 2 aliphatic rings. The summed E-state index contributed by atoms with van der Waals surface area (Å²) in [7, 11) is 0. The van der Waals surface area contributed by atoms with Crippen LogP contribution in [0.25, 0.3) is 0 Å². The summed E-state index contributed by atoms with van der Waals surface area (Å²) in [6, 6.07) is 3.85. The van der Waals surface area contributed by atoms with Gasteiger partial charge >= 0.3 is 0 Å². The number of benzene rings is 1. The lowest BCUT2D eigenvalue weighted by atomic mass is 10.2. The van der Waals surface area contributed by atoms with Gasteiger partial charge in [-0.1, -0.05) is 11.6 Å². The summed E-state index contributed by atoms with van der Waals surface area (Å²) in [5, 5.41) is 7.17. The fourth-order valence-corrected chi connectivity index (χ4v) is 3.19. The third kappa shape index (κ3) is 5.16. The van der Waals surface area contributed by atoms with Gasteiger partial charge in [0.05, 0.1) is 30.9 Å². The predicted octanol–water partition coefficient (Wildman–Crippen LogP) is 2.74. The van der Waals surface area contributed by atoms with Gasteiger partial charge in [-0.15, -0.1) is 0 Å². The maximum Gasteiger partial charge on any atom is 0.191 e. The molecule has 0 saturated carbocycles. The van der Waals surface area contributed by atoms with E-state index in [9.17, 15) is 0 Å². The number of guanidine groups is 1. The van der Waals surface area contributed by atoms with Gasteiger partial charge in [-0.3, -0.25) is 0 Å². The van der Waals surface area contributed by atoms with E-state index in [1.165, 1.54) is 0 Å². The number of hydrogen-bond acceptors (Lipinski definition) is 4. The minimum Gasteiger partial charge on any atom is -0.489 e. The second kappa shape index (κ2) is 9.15. The first-order chi connectivity index (χ1) is 12.3. The van der Waals surface area contributed by atoms with Crippen LogP contribution in [0.1, 0.15) is 31.7 Å². The first-order valence-corrected chi connectivity index (χ1v) is 9.36. The zero-order valence-electron chi connectivity index (χ0n) is 14.6. The summed E-state index contributed by atoms with van der Waals surface area (Å²) in [4.78, 5) is 4.64. The van der Waals surface area contributed by atoms with Crippen molar-refractivity contribution in [1.29, 1.82) is 0 Å². The van der Waals surface area contributed by atoms with Crippen LogP contribution in [0.4, 0.5) is 0 Å². The van der Waals surface area contributed by atoms with Crippen molar-refractivity contribution in [2.24, 2.45) is 4.99 Å². The van der Waals surface area contributed by atoms with Crippen LogP contribution in [0.15, 0.2) is 17.1 Å². The van der Waals surface area contributed by atoms with Crippen molar-refractivity contribution in [3.05, 3.63) is 22.7 Å². The molecule has 2 N–H and O–H groups in total. The maximum absolute atomic E-state index is 6.34. The second-order valence-corrected chi connectivity index (χ2v) is 6.57. The molecule has 7 heteroatoms. The Morgan fingerprint density at radius 3 is 2.88 bits per heavy atom. The Morgan fingerprint density at radius 1 is 1.20 bits per heavy atom. The van der Waals surface area contributed by atoms with E-state index in [4.69, 9.17) is 25.8 Å². The number of nitrogens with zero attached hydrogens (tertiary/aromatic N) is 1. The maximum atomic E-state index is 6.34. The molecule has 1 atom stereocenters. The number of hydrogen-bond donors (Lipinski definition) is 2. The molecule has 1 aromatic rings. The number of rotatable bonds is 5. The van der Waals surface area contributed by atoms with E-state index in [0.717, 1.165) is 50.5 Å². The topological polar surface area (TPSA) is 64.1 Å². The van der Waals surface area contributed by atoms with Crippen molar-refractivity contribution in [3.63, 3.8) is 0 Å². The van der Waals surface area contributed by atoms with Crippen LogP contribution in [0, 0.1) is 0 Å². The monoisotopic (exact) mass is 367 g/mol. The summed E-state index contributed by atoms with van der Waals surface area (Å²) in [5.41, 5.74) is 0.989. The van der Waals surface area contributed by atoms with Crippen LogP contribution in [0.5, 0.6) is 11.5 Å². The number of fused-ring (bicyclic) bond motifs is 1. The lowest BCUT2D eigenvalue weighted by Gasteiger charge is -2.15. The van der Waals surface area contributed by atoms with Gasteiger partial charge in [0.25, 0.3) is 0 Å². The van der Waals surface area contributed by atoms with E-state index in [1.807, 2.05) is 19.1 Å². The molecule has 1 unspecified atom stereocenters. The van der Waals surface area contributed by atoms with E-state index < -0.39 is 0 Å². The lowest BCUT2D eigenvalue weighted by molar-refractivity contribution is 0.114. The largest absolute Gasteiger partial charge is 0.489 e. The average molecular weight is 368 g/mol. The van der Waals surface area contributed by atoms with Crippen molar-refractivity contribution in [3.8, 4) is 11.5 Å². The van der Waals surface area contributed by atoms with Crippen molar-refractivity contribution in [2.75, 3.05) is 32.9 Å². The average Bonchev–Trinajstić information content (AvgIpc) is 3.01. The Morgan fingerprint density at radius 2 is 2.08 bits per heavy atom. The van der Waals surface area contributed by atoms with Crippen LogP contribution < -0.4 is 20.1 Å². The summed E-state index contributed by atoms with van der Waals surface area (Å²) >= 11 is 6.34. The Balaban J connectivity index is 1.65. The van der Waals surface area contributed by atoms with Gasteiger partial charge < -0.3 is 24.8 Å². The van der Waals surface area contributed by atoms with Crippen LogP contribution in [-0.4, -0.2) is 45.0 Å². The van der Waals surface area contributed by atoms with Gasteiger partial charge in [0.15, 0.2) is 17.5 Å². The highest BCUT2D eigenvalue weighted by Crippen LogP contribution is 2.38. The quantitative estimate of drug-likeness (QED) is 0.619. The lowest BCUT2D eigenvalue weighted by Crippen LogP contribution is -2.41. The Kier molecular flexibility index (Phi) is 6.64. The molecule has 3 rings (SSSR count). The molecule has 0 aromatic heterocycles. The zero-order chi connectivity index (χ0) is 17.5. The molecule has 25 heavy (non-hydrogen) atoms. The second-order valence-electron chi connectivity index (χ2n) is 6.17. The van der Waals surface area contributed by atoms with Gasteiger partial charge in [0, 0.05) is 26.1 Å². The Bertz CT molecular complexity index is 603. The smallest absolute Gasteiger partial charge is 0.191 e. The summed E-state index contributed by atoms with van der Waals surface area (Å²) in [6.07, 6.45) is 3.37. The van der Waals surface area contributed by atoms with Crippen LogP contribution in [-0.2, 0) is 11.3 Å². The molecule has 1 fully saturated rings. The normalized spacial score (nSPS) is 20.2. The highest BCUT2D eigenvalue weighted by molar-refractivity contribution is 6.32. The van der Waals surface area contributed by atoms with Gasteiger partial charge in [-0.2, -0.15) is 0 Å². The SMILES string of the molecule is CCNC(=NCc1cc(Cl)c2c(c1)OCCCO2)NCC1CCCO1. The molecule has 2 aliphatic heterocycles. The molecule has 0 amide bonds. The molecule has 2 heterocycles. The molecule has 0 aliphatic carbocycles. The van der Waals surface area contributed by atoms with Crippen molar-refractivity contribution < 1.29 is 14.2 Å². The molecular formula is C18H26ClN3O3. The standard InChI is InChI=1S/C18H26ClN3O3/c1-2-20-18(22-12-14-5-3-6-23-14)21-11-13-9-15(19)17-16(10-13)24-7-4-8-25-17/h9-10,14H,2-8,11-12H2,1H3,(H2,20,21,22). The molecule has 0 bridgehead atoms. The fraction of sp³-hybridized carbons (Fsp3) is 0.611. The number of ether oxygens (including phenoxy) is 3. The number of halogens is 1. The molecular weight excluding hydrogens is 342 g/mol. The summed E-state index contributed by atoms with van der Waals surface area (Å²) < 4.78 is 17.0. The van der Waals surface area contributed by atoms with Crippen molar-refractivity contribution in [2.45, 2.75) is 38.8 Å². The first-order valence-electron chi connectivity index (χ1n) is 8.98. The molecule has 1 aromatic carbocycles. The van der Waals surface area contributed by atoms with E-state index >= 15 is 0 Å². The molecule has 0 spiro atoms. The summed E-state index contributed by atoms with van der Waals surface area (Å²) in [5.74, 6) is 2.11. The third-order valence-corrected chi connectivity index (χ3v) is 4.43. The Labute approximate surface area is 153 Å². The predicted molar refractivity (Wildman–Crippen MR) is 98.9 cm³/mol. The van der Waals surface area contributed by atoms with Crippen LogP contribution in [0.2, 0.25) is 5.02 Å². The summed E-state index contributed by atoms with van der Waals surface area (Å²) in [6.45, 7) is 6.26. The Hall–Kier alpha value is -1.66. The highest BCUT2D eigenvalue weighted by atomic mass is 35.5. The first kappa shape index (κ1) is 18.1. The van der Waals surface area contributed by atoms with E-state index in [2.05, 4.69) is 15.6 Å². The van der Waals surface area contributed by atoms with Gasteiger partial charge in [0.1, 0.15) is 0 Å². The van der Waals surface area contributed by atoms with E-state index in [0.29, 0.717) is 36.3 Å². The van der Waals surface area contributed by atoms with Gasteiger partial charge in [-0.25, -0.2) is 4.99 Å². The van der Waals surface area contributed by atoms with Crippen molar-refractivity contribution >= 4 is 17.6 Å². The highest BCUT2D eigenvalue weighted by Gasteiger charge is 2.17. The van der Waals surface area contributed by atoms with Crippen molar-refractivity contribution in [1.82, 2.24) is 10.6 Å². The van der Waals surface area contributed by atoms with Gasteiger partial charge in [0.2, 0.25) is 0 Å². The molecule has 6 nitrogen and oxygen atoms in total. The van der Waals surface area contributed by atoms with Crippen LogP contribution in [0.3, 0.4) is 0 Å². The minimum absolute atomic E-state index is 0.274.